The summed E-state index contributed by atoms with van der Waals surface area (Å²) in [7, 11) is 0. The molecule has 2 rings (SSSR count). The molecule has 2 aromatic rings. The topological polar surface area (TPSA) is 214 Å². The minimum Gasteiger partial charge on any atom is -0.370 e. The molecule has 0 bridgehead atoms. The maximum Gasteiger partial charge on any atom is 0.243 e. The molecule has 0 fully saturated rings. The van der Waals surface area contributed by atoms with E-state index in [1.54, 1.807) is 0 Å². The Labute approximate surface area is 259 Å². The molecule has 9 N–H and O–H groups in total. The average Bonchev–Trinajstić information content (AvgIpc) is 3.49. The SMILES string of the molecule is CCc1cccc(CN[C@@H](CC(C)C)C(=O)C(=O)[C@H](Cc2cnc[nH]2)NC(=O)C(CC(N)=O)NC(=O)[C@H](CC(C)C)NN)c1. The maximum atomic E-state index is 13.7. The minimum absolute atomic E-state index is 0.0686. The normalized spacial score (nSPS) is 14.1. The summed E-state index contributed by atoms with van der Waals surface area (Å²) < 4.78 is 0. The highest BCUT2D eigenvalue weighted by Crippen LogP contribution is 2.13. The van der Waals surface area contributed by atoms with E-state index in [9.17, 15) is 24.0 Å². The highest BCUT2D eigenvalue weighted by Gasteiger charge is 2.35. The minimum atomic E-state index is -1.40. The summed E-state index contributed by atoms with van der Waals surface area (Å²) in [5, 5.41) is 8.33. The predicted molar refractivity (Wildman–Crippen MR) is 166 cm³/mol. The van der Waals surface area contributed by atoms with Gasteiger partial charge in [0.15, 0.2) is 0 Å². The number of amides is 3. The number of benzene rings is 1. The van der Waals surface area contributed by atoms with Crippen molar-refractivity contribution in [1.82, 2.24) is 31.3 Å². The molecule has 1 unspecified atom stereocenters. The van der Waals surface area contributed by atoms with Crippen LogP contribution in [-0.2, 0) is 43.4 Å². The number of carbonyl (C=O) groups excluding carboxylic acids is 5. The Bertz CT molecular complexity index is 1250. The van der Waals surface area contributed by atoms with Crippen LogP contribution in [0.3, 0.4) is 0 Å². The van der Waals surface area contributed by atoms with Crippen LogP contribution in [0, 0.1) is 11.8 Å². The molecule has 1 aromatic heterocycles. The molecule has 0 saturated heterocycles. The zero-order valence-corrected chi connectivity index (χ0v) is 26.3. The smallest absolute Gasteiger partial charge is 0.243 e. The van der Waals surface area contributed by atoms with E-state index >= 15 is 0 Å². The van der Waals surface area contributed by atoms with Gasteiger partial charge in [-0.15, -0.1) is 0 Å². The van der Waals surface area contributed by atoms with Gasteiger partial charge in [0.05, 0.1) is 24.8 Å². The largest absolute Gasteiger partial charge is 0.370 e. The van der Waals surface area contributed by atoms with Crippen LogP contribution in [0.25, 0.3) is 0 Å². The fourth-order valence-electron chi connectivity index (χ4n) is 4.80. The number of rotatable bonds is 20. The van der Waals surface area contributed by atoms with Crippen molar-refractivity contribution in [2.24, 2.45) is 23.4 Å². The predicted octanol–water partition coefficient (Wildman–Crippen LogP) is 0.580. The summed E-state index contributed by atoms with van der Waals surface area (Å²) in [6.07, 6.45) is 3.94. The van der Waals surface area contributed by atoms with E-state index in [0.717, 1.165) is 17.5 Å². The Morgan fingerprint density at radius 3 is 2.02 bits per heavy atom. The molecule has 0 aliphatic carbocycles. The van der Waals surface area contributed by atoms with Gasteiger partial charge in [0.25, 0.3) is 0 Å². The van der Waals surface area contributed by atoms with Crippen LogP contribution in [-0.4, -0.2) is 63.4 Å². The third-order valence-electron chi connectivity index (χ3n) is 7.09. The first kappa shape index (κ1) is 36.3. The highest BCUT2D eigenvalue weighted by atomic mass is 16.2. The standard InChI is InChI=1S/C31H48N8O5/c1-6-20-8-7-9-21(12-20)15-35-23(10-18(2)3)28(41)29(42)24(13-22-16-34-17-36-22)37-30(43)25(14-27(32)40)38-31(44)26(39-33)11-19(4)5/h7-9,12,16-19,23-26,35,39H,6,10-11,13-15,33H2,1-5H3,(H2,32,40)(H,34,36)(H,37,43)(H,38,44)/t23-,24-,25?,26-/m0/s1. The highest BCUT2D eigenvalue weighted by molar-refractivity contribution is 6.41. The molecule has 242 valence electrons. The van der Waals surface area contributed by atoms with Crippen LogP contribution in [0.4, 0.5) is 0 Å². The molecule has 44 heavy (non-hydrogen) atoms. The number of aromatic amines is 1. The third kappa shape index (κ3) is 12.0. The van der Waals surface area contributed by atoms with Gasteiger partial charge in [0, 0.05) is 24.9 Å². The molecule has 3 amide bonds. The van der Waals surface area contributed by atoms with Crippen LogP contribution >= 0.6 is 0 Å². The maximum absolute atomic E-state index is 13.7. The molecule has 0 spiro atoms. The average molecular weight is 613 g/mol. The van der Waals surface area contributed by atoms with E-state index in [-0.39, 0.29) is 18.3 Å². The van der Waals surface area contributed by atoms with Crippen LogP contribution in [0.2, 0.25) is 0 Å². The van der Waals surface area contributed by atoms with Crippen molar-refractivity contribution < 1.29 is 24.0 Å². The lowest BCUT2D eigenvalue weighted by Gasteiger charge is -2.25. The van der Waals surface area contributed by atoms with Gasteiger partial charge in [-0.25, -0.2) is 10.4 Å². The molecule has 1 heterocycles. The Morgan fingerprint density at radius 2 is 1.45 bits per heavy atom. The second kappa shape index (κ2) is 18.0. The molecule has 13 heteroatoms. The van der Waals surface area contributed by atoms with Crippen LogP contribution < -0.4 is 33.0 Å². The van der Waals surface area contributed by atoms with Crippen molar-refractivity contribution in [3.05, 3.63) is 53.6 Å². The Kier molecular flexibility index (Phi) is 14.8. The molecular weight excluding hydrogens is 564 g/mol. The van der Waals surface area contributed by atoms with Crippen LogP contribution in [0.5, 0.6) is 0 Å². The van der Waals surface area contributed by atoms with Crippen molar-refractivity contribution in [2.45, 2.75) is 97.4 Å². The van der Waals surface area contributed by atoms with Crippen molar-refractivity contribution in [3.63, 3.8) is 0 Å². The van der Waals surface area contributed by atoms with E-state index in [1.807, 2.05) is 52.0 Å². The number of aryl methyl sites for hydroxylation is 1. The van der Waals surface area contributed by atoms with Crippen molar-refractivity contribution in [2.75, 3.05) is 0 Å². The van der Waals surface area contributed by atoms with Gasteiger partial charge in [-0.05, 0) is 42.2 Å². The number of Topliss-reactive ketones (excluding diaryl/α,β-unsaturated/α-hetero) is 2. The van der Waals surface area contributed by atoms with Crippen molar-refractivity contribution >= 4 is 29.3 Å². The lowest BCUT2D eigenvalue weighted by Crippen LogP contribution is -2.58. The summed E-state index contributed by atoms with van der Waals surface area (Å²) in [5.41, 5.74) is 10.4. The van der Waals surface area contributed by atoms with Gasteiger partial charge in [-0.2, -0.15) is 0 Å². The second-order valence-electron chi connectivity index (χ2n) is 11.9. The molecule has 1 aromatic carbocycles. The van der Waals surface area contributed by atoms with E-state index in [2.05, 4.69) is 38.3 Å². The Balaban J connectivity index is 2.29. The lowest BCUT2D eigenvalue weighted by atomic mass is 9.93. The van der Waals surface area contributed by atoms with Crippen LogP contribution in [0.15, 0.2) is 36.8 Å². The van der Waals surface area contributed by atoms with E-state index < -0.39 is 59.9 Å². The first-order valence-electron chi connectivity index (χ1n) is 15.1. The number of primary amides is 1. The number of nitrogens with two attached hydrogens (primary N) is 2. The van der Waals surface area contributed by atoms with E-state index in [0.29, 0.717) is 25.1 Å². The van der Waals surface area contributed by atoms with Gasteiger partial charge in [-0.1, -0.05) is 58.9 Å². The van der Waals surface area contributed by atoms with Gasteiger partial charge in [-0.3, -0.25) is 29.8 Å². The first-order chi connectivity index (χ1) is 20.8. The third-order valence-corrected chi connectivity index (χ3v) is 7.09. The number of hydrogen-bond donors (Lipinski definition) is 7. The number of nitrogens with zero attached hydrogens (tertiary/aromatic N) is 1. The monoisotopic (exact) mass is 612 g/mol. The van der Waals surface area contributed by atoms with Crippen molar-refractivity contribution in [3.8, 4) is 0 Å². The summed E-state index contributed by atoms with van der Waals surface area (Å²) in [5.74, 6) is 1.95. The quantitative estimate of drug-likeness (QED) is 0.0632. The van der Waals surface area contributed by atoms with Gasteiger partial charge in [0.2, 0.25) is 29.3 Å². The van der Waals surface area contributed by atoms with Gasteiger partial charge < -0.3 is 26.7 Å². The fraction of sp³-hybridized carbons (Fsp3) is 0.548. The summed E-state index contributed by atoms with van der Waals surface area (Å²) >= 11 is 0. The Morgan fingerprint density at radius 1 is 0.864 bits per heavy atom. The van der Waals surface area contributed by atoms with E-state index in [4.69, 9.17) is 11.6 Å². The lowest BCUT2D eigenvalue weighted by molar-refractivity contribution is -0.140. The number of hydrogen-bond acceptors (Lipinski definition) is 9. The molecular formula is C31H48N8O5. The van der Waals surface area contributed by atoms with Crippen molar-refractivity contribution in [1.29, 1.82) is 0 Å². The number of imidazole rings is 1. The number of carbonyl (C=O) groups is 5. The number of nitrogens with one attached hydrogen (secondary N) is 5. The molecule has 0 aliphatic rings. The Hall–Kier alpha value is -3.94. The zero-order chi connectivity index (χ0) is 32.8. The fourth-order valence-corrected chi connectivity index (χ4v) is 4.80. The summed E-state index contributed by atoms with van der Waals surface area (Å²) in [6.45, 7) is 10.1. The molecule has 13 nitrogen and oxygen atoms in total. The summed E-state index contributed by atoms with van der Waals surface area (Å²) in [6, 6.07) is 3.64. The summed E-state index contributed by atoms with van der Waals surface area (Å²) in [4.78, 5) is 72.4. The van der Waals surface area contributed by atoms with Gasteiger partial charge in [0.1, 0.15) is 12.1 Å². The number of hydrazine groups is 1. The first-order valence-corrected chi connectivity index (χ1v) is 15.1. The molecule has 0 saturated carbocycles. The van der Waals surface area contributed by atoms with E-state index in [1.165, 1.54) is 12.5 Å². The number of aromatic nitrogens is 2. The molecule has 0 aliphatic heterocycles. The molecule has 4 atom stereocenters. The number of H-pyrrole nitrogens is 1. The molecule has 0 radical (unpaired) electrons. The zero-order valence-electron chi connectivity index (χ0n) is 26.3. The van der Waals surface area contributed by atoms with Crippen LogP contribution in [0.1, 0.15) is 70.7 Å². The second-order valence-corrected chi connectivity index (χ2v) is 11.9. The van der Waals surface area contributed by atoms with Gasteiger partial charge >= 0.3 is 0 Å². The number of ketones is 2.